The van der Waals surface area contributed by atoms with E-state index in [0.717, 1.165) is 11.3 Å². The van der Waals surface area contributed by atoms with Gasteiger partial charge in [-0.15, -0.1) is 0 Å². The molecule has 0 bridgehead atoms. The van der Waals surface area contributed by atoms with Gasteiger partial charge in [-0.1, -0.05) is 36.5 Å². The van der Waals surface area contributed by atoms with Gasteiger partial charge in [0, 0.05) is 47.2 Å². The van der Waals surface area contributed by atoms with Crippen LogP contribution in [0.1, 0.15) is 34.1 Å². The molecular weight excluding hydrogens is 460 g/mol. The molecule has 0 aliphatic heterocycles. The Labute approximate surface area is 218 Å². The zero-order chi connectivity index (χ0) is 28.7. The van der Waals surface area contributed by atoms with Gasteiger partial charge in [0.05, 0.1) is 5.54 Å². The summed E-state index contributed by atoms with van der Waals surface area (Å²) in [6.45, 7) is 12.1. The summed E-state index contributed by atoms with van der Waals surface area (Å²) in [4.78, 5) is 31.5. The number of methoxy groups -OCH3 is 1. The van der Waals surface area contributed by atoms with Crippen LogP contribution in [0, 0.1) is 0 Å². The first kappa shape index (κ1) is 39.9. The van der Waals surface area contributed by atoms with Crippen LogP contribution in [0.4, 0.5) is 0 Å². The minimum absolute atomic E-state index is 0.174. The van der Waals surface area contributed by atoms with Crippen molar-refractivity contribution in [2.24, 2.45) is 15.7 Å². The SMILES string of the molecule is C/C=C(\C=C/C/C=N/CNC=O)ONC.C=C/C(C)=C\C=C(/C)C(C)(C=NC)NC.COC.NC=O. The van der Waals surface area contributed by atoms with Crippen LogP contribution in [0.15, 0.2) is 69.9 Å². The van der Waals surface area contributed by atoms with Crippen molar-refractivity contribution in [2.75, 3.05) is 42.0 Å². The summed E-state index contributed by atoms with van der Waals surface area (Å²) < 4.78 is 4.25. The van der Waals surface area contributed by atoms with E-state index in [1.807, 2.05) is 51.4 Å². The number of hydroxylamine groups is 1. The van der Waals surface area contributed by atoms with Gasteiger partial charge in [-0.25, -0.2) is 0 Å². The fourth-order valence-corrected chi connectivity index (χ4v) is 1.90. The Morgan fingerprint density at radius 2 is 1.75 bits per heavy atom. The van der Waals surface area contributed by atoms with E-state index in [4.69, 9.17) is 9.63 Å². The number of likely N-dealkylation sites (N-methyl/N-ethyl adjacent to an activating group) is 1. The van der Waals surface area contributed by atoms with Crippen LogP contribution >= 0.6 is 0 Å². The molecule has 5 N–H and O–H groups in total. The first-order valence-corrected chi connectivity index (χ1v) is 11.2. The lowest BCUT2D eigenvalue weighted by atomic mass is 9.94. The number of allylic oxidation sites excluding steroid dienone is 7. The Morgan fingerprint density at radius 1 is 1.17 bits per heavy atom. The first-order valence-electron chi connectivity index (χ1n) is 11.2. The predicted molar refractivity (Wildman–Crippen MR) is 153 cm³/mol. The number of nitrogens with two attached hydrogens (primary N) is 1. The molecule has 0 rings (SSSR count). The molecule has 0 aromatic heterocycles. The Balaban J connectivity index is -0.000000233. The molecule has 2 amide bonds. The fraction of sp³-hybridized carbons (Fsp3) is 0.462. The number of ether oxygens (including phenoxy) is 1. The van der Waals surface area contributed by atoms with Crippen molar-refractivity contribution < 1.29 is 19.2 Å². The van der Waals surface area contributed by atoms with E-state index in [1.165, 1.54) is 5.57 Å². The Bertz CT molecular complexity index is 728. The van der Waals surface area contributed by atoms with E-state index in [2.05, 4.69) is 69.1 Å². The van der Waals surface area contributed by atoms with Crippen LogP contribution < -0.4 is 21.8 Å². The van der Waals surface area contributed by atoms with E-state index in [1.54, 1.807) is 34.5 Å². The fourth-order valence-electron chi connectivity index (χ4n) is 1.90. The van der Waals surface area contributed by atoms with E-state index >= 15 is 0 Å². The maximum absolute atomic E-state index is 9.86. The number of carbonyl (C=O) groups is 2. The summed E-state index contributed by atoms with van der Waals surface area (Å²) in [5.74, 6) is 0.747. The molecule has 1 unspecified atom stereocenters. The molecule has 0 saturated carbocycles. The minimum Gasteiger partial charge on any atom is -0.409 e. The third-order valence-electron chi connectivity index (χ3n) is 4.07. The molecule has 0 fully saturated rings. The molecule has 0 aromatic rings. The van der Waals surface area contributed by atoms with Crippen LogP contribution in [0.2, 0.25) is 0 Å². The zero-order valence-electron chi connectivity index (χ0n) is 23.5. The van der Waals surface area contributed by atoms with Gasteiger partial charge in [-0.3, -0.25) is 19.6 Å². The Kier molecular flexibility index (Phi) is 35.1. The van der Waals surface area contributed by atoms with Crippen molar-refractivity contribution in [3.63, 3.8) is 0 Å². The standard InChI is InChI=1S/C13H22N2.C10H17N3O2.C2H6O.CH3NO/c1-7-11(2)8-9-12(3)13(4,15-6)10-14-5;1-3-10(15-11-2)6-4-5-7-12-8-13-9-14;1-3-2;2-1-3/h7-10,15H,1H2,2-6H3;3-4,6-7,9,11H,5,8H2,1-2H3,(H,13,14);1-2H3;1H,(H2,2,3)/b11-8-,12-9+,14-10?;6-4-,10-3+,12-7+;;. The van der Waals surface area contributed by atoms with Crippen molar-refractivity contribution in [1.29, 1.82) is 0 Å². The van der Waals surface area contributed by atoms with Crippen LogP contribution in [-0.2, 0) is 19.2 Å². The van der Waals surface area contributed by atoms with Crippen molar-refractivity contribution in [3.8, 4) is 0 Å². The maximum Gasteiger partial charge on any atom is 0.208 e. The third kappa shape index (κ3) is 28.7. The summed E-state index contributed by atoms with van der Waals surface area (Å²) in [6.07, 6.45) is 16.8. The number of hydrogen-bond acceptors (Lipinski definition) is 8. The number of carbonyl (C=O) groups excluding carboxylic acids is 2. The van der Waals surface area contributed by atoms with E-state index in [0.29, 0.717) is 19.5 Å². The van der Waals surface area contributed by atoms with Gasteiger partial charge in [0.15, 0.2) is 0 Å². The smallest absolute Gasteiger partial charge is 0.208 e. The molecule has 0 saturated heterocycles. The summed E-state index contributed by atoms with van der Waals surface area (Å²) >= 11 is 0. The molecule has 0 heterocycles. The van der Waals surface area contributed by atoms with Crippen molar-refractivity contribution >= 4 is 25.2 Å². The second kappa shape index (κ2) is 31.7. The molecule has 206 valence electrons. The van der Waals surface area contributed by atoms with E-state index in [-0.39, 0.29) is 11.9 Å². The van der Waals surface area contributed by atoms with Crippen LogP contribution in [-0.4, -0.2) is 72.8 Å². The Morgan fingerprint density at radius 3 is 2.17 bits per heavy atom. The van der Waals surface area contributed by atoms with E-state index < -0.39 is 0 Å². The molecule has 0 radical (unpaired) electrons. The molecule has 0 spiro atoms. The molecule has 10 heteroatoms. The summed E-state index contributed by atoms with van der Waals surface area (Å²) in [7, 11) is 8.67. The molecular formula is C26H48N6O4. The number of aliphatic imine (C=N–C) groups is 2. The second-order valence-corrected chi connectivity index (χ2v) is 6.83. The van der Waals surface area contributed by atoms with Gasteiger partial charge in [0.1, 0.15) is 12.4 Å². The molecule has 36 heavy (non-hydrogen) atoms. The van der Waals surface area contributed by atoms with Gasteiger partial charge in [0.2, 0.25) is 12.8 Å². The lowest BCUT2D eigenvalue weighted by Crippen LogP contribution is -2.42. The van der Waals surface area contributed by atoms with Gasteiger partial charge in [-0.05, 0) is 52.5 Å². The lowest BCUT2D eigenvalue weighted by molar-refractivity contribution is -0.109. The molecule has 1 atom stereocenters. The monoisotopic (exact) mass is 508 g/mol. The largest absolute Gasteiger partial charge is 0.409 e. The molecule has 0 aliphatic rings. The number of primary amides is 1. The minimum atomic E-state index is -0.174. The number of hydrogen-bond donors (Lipinski definition) is 4. The number of nitrogens with one attached hydrogen (secondary N) is 3. The number of rotatable bonds is 13. The highest BCUT2D eigenvalue weighted by atomic mass is 16.6. The van der Waals surface area contributed by atoms with E-state index in [9.17, 15) is 4.79 Å². The first-order chi connectivity index (χ1) is 17.2. The quantitative estimate of drug-likeness (QED) is 0.0753. The van der Waals surface area contributed by atoms with Crippen molar-refractivity contribution in [3.05, 3.63) is 59.9 Å². The summed E-state index contributed by atoms with van der Waals surface area (Å²) in [5, 5.41) is 5.68. The highest BCUT2D eigenvalue weighted by Gasteiger charge is 2.20. The van der Waals surface area contributed by atoms with Crippen LogP contribution in [0.5, 0.6) is 0 Å². The topological polar surface area (TPSA) is 139 Å². The highest BCUT2D eigenvalue weighted by Crippen LogP contribution is 2.14. The third-order valence-corrected chi connectivity index (χ3v) is 4.07. The average molecular weight is 509 g/mol. The van der Waals surface area contributed by atoms with Gasteiger partial charge < -0.3 is 25.9 Å². The predicted octanol–water partition coefficient (Wildman–Crippen LogP) is 2.87. The van der Waals surface area contributed by atoms with Gasteiger partial charge >= 0.3 is 0 Å². The number of amides is 2. The number of nitrogens with zero attached hydrogens (tertiary/aromatic N) is 2. The summed E-state index contributed by atoms with van der Waals surface area (Å²) in [5.41, 5.74) is 8.95. The second-order valence-electron chi connectivity index (χ2n) is 6.83. The normalized spacial score (nSPS) is 13.4. The maximum atomic E-state index is 9.86. The van der Waals surface area contributed by atoms with Crippen molar-refractivity contribution in [2.45, 2.75) is 39.7 Å². The summed E-state index contributed by atoms with van der Waals surface area (Å²) in [6, 6.07) is 0. The van der Waals surface area contributed by atoms with Gasteiger partial charge in [-0.2, -0.15) is 5.48 Å². The lowest BCUT2D eigenvalue weighted by Gasteiger charge is -2.25. The highest BCUT2D eigenvalue weighted by molar-refractivity contribution is 5.74. The van der Waals surface area contributed by atoms with Crippen molar-refractivity contribution in [1.82, 2.24) is 16.1 Å². The average Bonchev–Trinajstić information content (AvgIpc) is 2.87. The zero-order valence-corrected chi connectivity index (χ0v) is 23.5. The molecule has 10 nitrogen and oxygen atoms in total. The Hall–Kier alpha value is -3.34. The van der Waals surface area contributed by atoms with Crippen LogP contribution in [0.25, 0.3) is 0 Å². The molecule has 0 aliphatic carbocycles. The molecule has 0 aromatic carbocycles. The van der Waals surface area contributed by atoms with Gasteiger partial charge in [0.25, 0.3) is 0 Å². The van der Waals surface area contributed by atoms with Crippen LogP contribution in [0.3, 0.4) is 0 Å².